The van der Waals surface area contributed by atoms with Crippen molar-refractivity contribution in [1.29, 1.82) is 0 Å². The van der Waals surface area contributed by atoms with Crippen LogP contribution in [0.15, 0.2) is 18.3 Å². The van der Waals surface area contributed by atoms with Crippen LogP contribution < -0.4 is 5.32 Å². The first-order valence-corrected chi connectivity index (χ1v) is 9.18. The SMILES string of the molecule is CC(=O)Nc1ncc(CN2CC[C@H](Cc3cc(C)nc(C)c3)C2)s1. The number of carbonyl (C=O) groups excluding carboxylic acids is 1. The highest BCUT2D eigenvalue weighted by atomic mass is 32.1. The number of rotatable bonds is 5. The second-order valence-corrected chi connectivity index (χ2v) is 7.78. The van der Waals surface area contributed by atoms with Crippen LogP contribution in [0.25, 0.3) is 0 Å². The highest BCUT2D eigenvalue weighted by molar-refractivity contribution is 7.15. The summed E-state index contributed by atoms with van der Waals surface area (Å²) >= 11 is 1.56. The topological polar surface area (TPSA) is 58.1 Å². The predicted octanol–water partition coefficient (Wildman–Crippen LogP) is 3.18. The number of thiazole rings is 1. The van der Waals surface area contributed by atoms with E-state index in [1.807, 2.05) is 6.20 Å². The number of aromatic nitrogens is 2. The van der Waals surface area contributed by atoms with Crippen LogP contribution in [0.2, 0.25) is 0 Å². The van der Waals surface area contributed by atoms with Crippen molar-refractivity contribution in [1.82, 2.24) is 14.9 Å². The summed E-state index contributed by atoms with van der Waals surface area (Å²) in [6.07, 6.45) is 4.23. The molecular formula is C18H24N4OS. The zero-order valence-electron chi connectivity index (χ0n) is 14.5. The van der Waals surface area contributed by atoms with Crippen molar-refractivity contribution in [3.63, 3.8) is 0 Å². The molecule has 3 heterocycles. The van der Waals surface area contributed by atoms with E-state index in [9.17, 15) is 4.79 Å². The number of nitrogens with one attached hydrogen (secondary N) is 1. The van der Waals surface area contributed by atoms with Gasteiger partial charge in [-0.1, -0.05) is 0 Å². The molecule has 3 rings (SSSR count). The fourth-order valence-corrected chi connectivity index (χ4v) is 4.31. The van der Waals surface area contributed by atoms with Crippen LogP contribution in [-0.4, -0.2) is 33.9 Å². The standard InChI is InChI=1S/C18H24N4OS/c1-12-6-16(7-13(2)20-12)8-15-4-5-22(10-15)11-17-9-19-18(24-17)21-14(3)23/h6-7,9,15H,4-5,8,10-11H2,1-3H3,(H,19,21,23)/t15-/m1/s1. The molecule has 0 aliphatic carbocycles. The zero-order valence-corrected chi connectivity index (χ0v) is 15.3. The minimum absolute atomic E-state index is 0.0694. The Morgan fingerprint density at radius 1 is 1.38 bits per heavy atom. The minimum atomic E-state index is -0.0694. The first-order chi connectivity index (χ1) is 11.5. The summed E-state index contributed by atoms with van der Waals surface area (Å²) in [7, 11) is 0. The molecule has 0 spiro atoms. The average Bonchev–Trinajstić information content (AvgIpc) is 3.07. The van der Waals surface area contributed by atoms with Gasteiger partial charge in [0.05, 0.1) is 0 Å². The average molecular weight is 344 g/mol. The van der Waals surface area contributed by atoms with Gasteiger partial charge in [0, 0.05) is 42.5 Å². The molecule has 2 aromatic heterocycles. The van der Waals surface area contributed by atoms with Crippen LogP contribution in [-0.2, 0) is 17.8 Å². The Kier molecular flexibility index (Phi) is 5.26. The Hall–Kier alpha value is -1.79. The molecule has 1 atom stereocenters. The van der Waals surface area contributed by atoms with E-state index in [0.717, 1.165) is 37.4 Å². The van der Waals surface area contributed by atoms with Gasteiger partial charge in [-0.3, -0.25) is 14.7 Å². The van der Waals surface area contributed by atoms with Gasteiger partial charge in [-0.2, -0.15) is 0 Å². The number of amides is 1. The number of nitrogens with zero attached hydrogens (tertiary/aromatic N) is 3. The molecule has 128 valence electrons. The van der Waals surface area contributed by atoms with Gasteiger partial charge in [0.1, 0.15) is 0 Å². The zero-order chi connectivity index (χ0) is 17.1. The Morgan fingerprint density at radius 3 is 2.83 bits per heavy atom. The van der Waals surface area contributed by atoms with Crippen LogP contribution in [0.4, 0.5) is 5.13 Å². The molecule has 0 aromatic carbocycles. The lowest BCUT2D eigenvalue weighted by Crippen LogP contribution is -2.20. The predicted molar refractivity (Wildman–Crippen MR) is 97.2 cm³/mol. The van der Waals surface area contributed by atoms with Gasteiger partial charge in [0.25, 0.3) is 0 Å². The molecule has 1 amide bonds. The van der Waals surface area contributed by atoms with Gasteiger partial charge >= 0.3 is 0 Å². The summed E-state index contributed by atoms with van der Waals surface area (Å²) in [5.74, 6) is 0.633. The van der Waals surface area contributed by atoms with Crippen molar-refractivity contribution in [2.75, 3.05) is 18.4 Å². The van der Waals surface area contributed by atoms with E-state index in [1.54, 1.807) is 11.3 Å². The normalized spacial score (nSPS) is 18.0. The number of hydrogen-bond donors (Lipinski definition) is 1. The minimum Gasteiger partial charge on any atom is -0.302 e. The van der Waals surface area contributed by atoms with Crippen molar-refractivity contribution >= 4 is 22.4 Å². The van der Waals surface area contributed by atoms with E-state index in [-0.39, 0.29) is 5.91 Å². The summed E-state index contributed by atoms with van der Waals surface area (Å²) in [6, 6.07) is 4.41. The van der Waals surface area contributed by atoms with Crippen LogP contribution in [0.1, 0.15) is 35.2 Å². The van der Waals surface area contributed by atoms with Crippen molar-refractivity contribution in [2.24, 2.45) is 5.92 Å². The van der Waals surface area contributed by atoms with Crippen molar-refractivity contribution in [3.05, 3.63) is 40.2 Å². The molecule has 1 aliphatic heterocycles. The summed E-state index contributed by atoms with van der Waals surface area (Å²) in [4.78, 5) is 23.5. The van der Waals surface area contributed by atoms with E-state index in [2.05, 4.69) is 46.2 Å². The Bertz CT molecular complexity index is 707. The molecule has 1 N–H and O–H groups in total. The molecule has 2 aromatic rings. The number of hydrogen-bond acceptors (Lipinski definition) is 5. The quantitative estimate of drug-likeness (QED) is 0.905. The maximum atomic E-state index is 11.1. The first-order valence-electron chi connectivity index (χ1n) is 8.37. The maximum absolute atomic E-state index is 11.1. The molecule has 0 bridgehead atoms. The van der Waals surface area contributed by atoms with Crippen LogP contribution in [0.3, 0.4) is 0 Å². The Morgan fingerprint density at radius 2 is 2.12 bits per heavy atom. The van der Waals surface area contributed by atoms with Crippen molar-refractivity contribution in [2.45, 2.75) is 40.2 Å². The lowest BCUT2D eigenvalue weighted by molar-refractivity contribution is -0.114. The van der Waals surface area contributed by atoms with E-state index in [0.29, 0.717) is 11.0 Å². The second kappa shape index (κ2) is 7.40. The number of pyridine rings is 1. The molecule has 0 saturated carbocycles. The lowest BCUT2D eigenvalue weighted by Gasteiger charge is -2.15. The smallest absolute Gasteiger partial charge is 0.223 e. The molecular weight excluding hydrogens is 320 g/mol. The van der Waals surface area contributed by atoms with Gasteiger partial charge < -0.3 is 5.32 Å². The number of aryl methyl sites for hydroxylation is 2. The first kappa shape index (κ1) is 17.0. The molecule has 1 saturated heterocycles. The van der Waals surface area contributed by atoms with Crippen LogP contribution in [0.5, 0.6) is 0 Å². The largest absolute Gasteiger partial charge is 0.302 e. The fraction of sp³-hybridized carbons (Fsp3) is 0.500. The summed E-state index contributed by atoms with van der Waals surface area (Å²) in [5.41, 5.74) is 3.61. The number of likely N-dealkylation sites (tertiary alicyclic amines) is 1. The van der Waals surface area contributed by atoms with Crippen molar-refractivity contribution in [3.8, 4) is 0 Å². The van der Waals surface area contributed by atoms with Crippen LogP contribution in [0, 0.1) is 19.8 Å². The van der Waals surface area contributed by atoms with E-state index < -0.39 is 0 Å². The highest BCUT2D eigenvalue weighted by Crippen LogP contribution is 2.25. The van der Waals surface area contributed by atoms with E-state index in [1.165, 1.54) is 23.8 Å². The number of anilines is 1. The third-order valence-corrected chi connectivity index (χ3v) is 5.15. The second-order valence-electron chi connectivity index (χ2n) is 6.67. The van der Waals surface area contributed by atoms with Crippen LogP contribution >= 0.6 is 11.3 Å². The summed E-state index contributed by atoms with van der Waals surface area (Å²) in [5, 5.41) is 3.44. The third kappa shape index (κ3) is 4.61. The van der Waals surface area contributed by atoms with Gasteiger partial charge in [0.15, 0.2) is 5.13 Å². The van der Waals surface area contributed by atoms with E-state index >= 15 is 0 Å². The molecule has 1 fully saturated rings. The monoisotopic (exact) mass is 344 g/mol. The third-order valence-electron chi connectivity index (χ3n) is 4.25. The summed E-state index contributed by atoms with van der Waals surface area (Å²) in [6.45, 7) is 8.80. The maximum Gasteiger partial charge on any atom is 0.223 e. The van der Waals surface area contributed by atoms with Gasteiger partial charge in [-0.25, -0.2) is 4.98 Å². The molecule has 6 heteroatoms. The molecule has 1 aliphatic rings. The Balaban J connectivity index is 1.53. The van der Waals surface area contributed by atoms with Gasteiger partial charge in [-0.15, -0.1) is 11.3 Å². The fourth-order valence-electron chi connectivity index (χ4n) is 3.40. The number of carbonyl (C=O) groups is 1. The molecule has 5 nitrogen and oxygen atoms in total. The van der Waals surface area contributed by atoms with Gasteiger partial charge in [0.2, 0.25) is 5.91 Å². The van der Waals surface area contributed by atoms with Gasteiger partial charge in [-0.05, 0) is 56.8 Å². The lowest BCUT2D eigenvalue weighted by atomic mass is 9.98. The summed E-state index contributed by atoms with van der Waals surface area (Å²) < 4.78 is 0. The highest BCUT2D eigenvalue weighted by Gasteiger charge is 2.23. The Labute approximate surface area is 147 Å². The molecule has 0 radical (unpaired) electrons. The molecule has 24 heavy (non-hydrogen) atoms. The van der Waals surface area contributed by atoms with E-state index in [4.69, 9.17) is 0 Å². The molecule has 0 unspecified atom stereocenters. The van der Waals surface area contributed by atoms with Crippen molar-refractivity contribution < 1.29 is 4.79 Å².